The molecule has 5 heteroatoms. The van der Waals surface area contributed by atoms with Gasteiger partial charge >= 0.3 is 0 Å². The SMILES string of the molecule is CN(C)C(=O)c1ccc(N)c(NCC2(C)CCOCC2)c1. The van der Waals surface area contributed by atoms with Crippen molar-refractivity contribution in [3.05, 3.63) is 23.8 Å². The first-order chi connectivity index (χ1) is 9.91. The predicted octanol–water partition coefficient (Wildman–Crippen LogP) is 2.20. The van der Waals surface area contributed by atoms with Crippen LogP contribution in [0.4, 0.5) is 11.4 Å². The summed E-state index contributed by atoms with van der Waals surface area (Å²) in [6.45, 7) is 4.72. The van der Waals surface area contributed by atoms with Crippen molar-refractivity contribution in [2.45, 2.75) is 19.8 Å². The molecule has 0 radical (unpaired) electrons. The number of carbonyl (C=O) groups is 1. The van der Waals surface area contributed by atoms with E-state index >= 15 is 0 Å². The van der Waals surface area contributed by atoms with Crippen LogP contribution in [0.25, 0.3) is 0 Å². The summed E-state index contributed by atoms with van der Waals surface area (Å²) in [4.78, 5) is 13.6. The van der Waals surface area contributed by atoms with Crippen LogP contribution in [0.3, 0.4) is 0 Å². The van der Waals surface area contributed by atoms with Crippen molar-refractivity contribution >= 4 is 17.3 Å². The Bertz CT molecular complexity index is 508. The maximum absolute atomic E-state index is 12.0. The molecule has 0 aliphatic carbocycles. The van der Waals surface area contributed by atoms with E-state index in [1.54, 1.807) is 31.1 Å². The Kier molecular flexibility index (Phi) is 4.73. The summed E-state index contributed by atoms with van der Waals surface area (Å²) < 4.78 is 5.41. The summed E-state index contributed by atoms with van der Waals surface area (Å²) in [6.07, 6.45) is 2.08. The van der Waals surface area contributed by atoms with Gasteiger partial charge in [0.25, 0.3) is 5.91 Å². The standard InChI is InChI=1S/C16H25N3O2/c1-16(6-8-21-9-7-16)11-18-14-10-12(4-5-13(14)17)15(20)19(2)3/h4-5,10,18H,6-9,11,17H2,1-3H3. The van der Waals surface area contributed by atoms with Crippen LogP contribution in [-0.4, -0.2) is 44.7 Å². The van der Waals surface area contributed by atoms with E-state index in [1.807, 2.05) is 6.07 Å². The van der Waals surface area contributed by atoms with Gasteiger partial charge in [-0.3, -0.25) is 4.79 Å². The summed E-state index contributed by atoms with van der Waals surface area (Å²) in [6, 6.07) is 5.38. The molecule has 1 saturated heterocycles. The van der Waals surface area contributed by atoms with Crippen molar-refractivity contribution in [3.8, 4) is 0 Å². The Morgan fingerprint density at radius 1 is 1.38 bits per heavy atom. The number of hydrogen-bond acceptors (Lipinski definition) is 4. The summed E-state index contributed by atoms with van der Waals surface area (Å²) in [5.74, 6) is -0.0182. The van der Waals surface area contributed by atoms with E-state index < -0.39 is 0 Å². The Morgan fingerprint density at radius 2 is 2.05 bits per heavy atom. The van der Waals surface area contributed by atoms with Crippen molar-refractivity contribution in [1.82, 2.24) is 4.90 Å². The number of hydrogen-bond donors (Lipinski definition) is 2. The Morgan fingerprint density at radius 3 is 2.67 bits per heavy atom. The molecule has 5 nitrogen and oxygen atoms in total. The van der Waals surface area contributed by atoms with Gasteiger partial charge in [0.15, 0.2) is 0 Å². The summed E-state index contributed by atoms with van der Waals surface area (Å²) in [5.41, 5.74) is 8.37. The molecule has 0 spiro atoms. The van der Waals surface area contributed by atoms with Gasteiger partial charge in [-0.25, -0.2) is 0 Å². The molecule has 1 amide bonds. The minimum absolute atomic E-state index is 0.0182. The number of rotatable bonds is 4. The number of nitrogens with two attached hydrogens (primary N) is 1. The molecular formula is C16H25N3O2. The lowest BCUT2D eigenvalue weighted by atomic mass is 9.82. The number of ether oxygens (including phenoxy) is 1. The van der Waals surface area contributed by atoms with E-state index in [0.717, 1.165) is 38.3 Å². The lowest BCUT2D eigenvalue weighted by Crippen LogP contribution is -2.33. The van der Waals surface area contributed by atoms with E-state index in [1.165, 1.54) is 0 Å². The third kappa shape index (κ3) is 3.88. The highest BCUT2D eigenvalue weighted by atomic mass is 16.5. The van der Waals surface area contributed by atoms with Crippen LogP contribution in [-0.2, 0) is 4.74 Å². The molecule has 21 heavy (non-hydrogen) atoms. The van der Waals surface area contributed by atoms with Crippen LogP contribution in [0.15, 0.2) is 18.2 Å². The van der Waals surface area contributed by atoms with Gasteiger partial charge < -0.3 is 20.7 Å². The van der Waals surface area contributed by atoms with Crippen LogP contribution in [0.2, 0.25) is 0 Å². The number of amides is 1. The highest BCUT2D eigenvalue weighted by Gasteiger charge is 2.27. The molecule has 116 valence electrons. The molecule has 0 bridgehead atoms. The van der Waals surface area contributed by atoms with E-state index in [0.29, 0.717) is 11.3 Å². The average molecular weight is 291 g/mol. The molecule has 0 aromatic heterocycles. The number of carbonyl (C=O) groups excluding carboxylic acids is 1. The second-order valence-corrected chi connectivity index (χ2v) is 6.28. The quantitative estimate of drug-likeness (QED) is 0.835. The highest BCUT2D eigenvalue weighted by molar-refractivity contribution is 5.95. The van der Waals surface area contributed by atoms with Crippen LogP contribution in [0.5, 0.6) is 0 Å². The number of benzene rings is 1. The zero-order valence-electron chi connectivity index (χ0n) is 13.1. The van der Waals surface area contributed by atoms with Gasteiger partial charge in [0, 0.05) is 39.4 Å². The molecule has 1 fully saturated rings. The van der Waals surface area contributed by atoms with Gasteiger partial charge in [-0.05, 0) is 36.5 Å². The molecule has 0 atom stereocenters. The van der Waals surface area contributed by atoms with Gasteiger partial charge in [-0.1, -0.05) is 6.92 Å². The highest BCUT2D eigenvalue weighted by Crippen LogP contribution is 2.31. The Hall–Kier alpha value is -1.75. The molecular weight excluding hydrogens is 266 g/mol. The van der Waals surface area contributed by atoms with Crippen LogP contribution >= 0.6 is 0 Å². The normalized spacial score (nSPS) is 17.3. The number of nitrogen functional groups attached to an aromatic ring is 1. The third-order valence-corrected chi connectivity index (χ3v) is 4.11. The molecule has 1 heterocycles. The fourth-order valence-corrected chi connectivity index (χ4v) is 2.45. The van der Waals surface area contributed by atoms with Gasteiger partial charge in [0.1, 0.15) is 0 Å². The molecule has 3 N–H and O–H groups in total. The fraction of sp³-hybridized carbons (Fsp3) is 0.562. The molecule has 2 rings (SSSR count). The smallest absolute Gasteiger partial charge is 0.253 e. The molecule has 1 aliphatic heterocycles. The number of nitrogens with zero attached hydrogens (tertiary/aromatic N) is 1. The van der Waals surface area contributed by atoms with E-state index in [9.17, 15) is 4.79 Å². The predicted molar refractivity (Wildman–Crippen MR) is 85.5 cm³/mol. The second kappa shape index (κ2) is 6.35. The summed E-state index contributed by atoms with van der Waals surface area (Å²) >= 11 is 0. The minimum atomic E-state index is -0.0182. The zero-order chi connectivity index (χ0) is 15.5. The van der Waals surface area contributed by atoms with Crippen LogP contribution < -0.4 is 11.1 Å². The fourth-order valence-electron chi connectivity index (χ4n) is 2.45. The Balaban J connectivity index is 2.08. The van der Waals surface area contributed by atoms with Crippen LogP contribution in [0, 0.1) is 5.41 Å². The number of anilines is 2. The summed E-state index contributed by atoms with van der Waals surface area (Å²) in [7, 11) is 3.49. The van der Waals surface area contributed by atoms with Gasteiger partial charge in [0.2, 0.25) is 0 Å². The van der Waals surface area contributed by atoms with Gasteiger partial charge in [-0.2, -0.15) is 0 Å². The largest absolute Gasteiger partial charge is 0.397 e. The van der Waals surface area contributed by atoms with Crippen molar-refractivity contribution in [1.29, 1.82) is 0 Å². The first-order valence-electron chi connectivity index (χ1n) is 7.34. The number of nitrogens with one attached hydrogen (secondary N) is 1. The van der Waals surface area contributed by atoms with Gasteiger partial charge in [0.05, 0.1) is 11.4 Å². The monoisotopic (exact) mass is 291 g/mol. The summed E-state index contributed by atoms with van der Waals surface area (Å²) in [5, 5.41) is 3.41. The Labute approximate surface area is 126 Å². The first-order valence-corrected chi connectivity index (χ1v) is 7.34. The van der Waals surface area contributed by atoms with Crippen molar-refractivity contribution < 1.29 is 9.53 Å². The van der Waals surface area contributed by atoms with Crippen molar-refractivity contribution in [2.24, 2.45) is 5.41 Å². The van der Waals surface area contributed by atoms with Gasteiger partial charge in [-0.15, -0.1) is 0 Å². The molecule has 1 aromatic carbocycles. The third-order valence-electron chi connectivity index (χ3n) is 4.11. The second-order valence-electron chi connectivity index (χ2n) is 6.28. The van der Waals surface area contributed by atoms with Crippen molar-refractivity contribution in [3.63, 3.8) is 0 Å². The van der Waals surface area contributed by atoms with Crippen molar-refractivity contribution in [2.75, 3.05) is 44.9 Å². The van der Waals surface area contributed by atoms with E-state index in [-0.39, 0.29) is 11.3 Å². The van der Waals surface area contributed by atoms with E-state index in [4.69, 9.17) is 10.5 Å². The zero-order valence-corrected chi connectivity index (χ0v) is 13.1. The minimum Gasteiger partial charge on any atom is -0.397 e. The molecule has 0 saturated carbocycles. The first kappa shape index (κ1) is 15.6. The van der Waals surface area contributed by atoms with Crippen LogP contribution in [0.1, 0.15) is 30.1 Å². The lowest BCUT2D eigenvalue weighted by molar-refractivity contribution is 0.0300. The maximum Gasteiger partial charge on any atom is 0.253 e. The molecule has 1 aliphatic rings. The molecule has 1 aromatic rings. The van der Waals surface area contributed by atoms with E-state index in [2.05, 4.69) is 12.2 Å². The average Bonchev–Trinajstić information content (AvgIpc) is 2.46. The lowest BCUT2D eigenvalue weighted by Gasteiger charge is -2.34. The maximum atomic E-state index is 12.0. The molecule has 0 unspecified atom stereocenters. The topological polar surface area (TPSA) is 67.6 Å².